The summed E-state index contributed by atoms with van der Waals surface area (Å²) in [6, 6.07) is 0.604. The van der Waals surface area contributed by atoms with Gasteiger partial charge < -0.3 is 15.2 Å². The van der Waals surface area contributed by atoms with Gasteiger partial charge in [-0.15, -0.1) is 6.58 Å². The first kappa shape index (κ1) is 23.0. The number of ether oxygens (including phenoxy) is 1. The molecule has 0 bridgehead atoms. The zero-order valence-electron chi connectivity index (χ0n) is 16.3. The highest BCUT2D eigenvalue weighted by atomic mass is 32.2. The summed E-state index contributed by atoms with van der Waals surface area (Å²) >= 11 is 1.85. The first-order valence-corrected chi connectivity index (χ1v) is 11.3. The number of nitrogens with zero attached hydrogens (tertiary/aromatic N) is 1. The van der Waals surface area contributed by atoms with Crippen LogP contribution in [0.15, 0.2) is 12.7 Å². The van der Waals surface area contributed by atoms with Gasteiger partial charge >= 0.3 is 0 Å². The highest BCUT2D eigenvalue weighted by Gasteiger charge is 2.14. The summed E-state index contributed by atoms with van der Waals surface area (Å²) in [5.41, 5.74) is 0. The van der Waals surface area contributed by atoms with Gasteiger partial charge in [0.2, 0.25) is 0 Å². The van der Waals surface area contributed by atoms with Gasteiger partial charge in [0.25, 0.3) is 0 Å². The quantitative estimate of drug-likeness (QED) is 0.321. The van der Waals surface area contributed by atoms with Crippen molar-refractivity contribution in [2.24, 2.45) is 0 Å². The third-order valence-electron chi connectivity index (χ3n) is 4.67. The van der Waals surface area contributed by atoms with E-state index in [1.165, 1.54) is 38.5 Å². The molecule has 148 valence electrons. The van der Waals surface area contributed by atoms with E-state index in [4.69, 9.17) is 4.74 Å². The van der Waals surface area contributed by atoms with E-state index in [9.17, 15) is 5.11 Å². The number of aliphatic hydroxyl groups is 1. The standard InChI is InChI=1S/C20H40N2O2S/c1-3-4-5-6-7-8-9-10-19(2)21-11-16-25-18-20(23)17-22-12-14-24-15-13-22/h3,19-21,23H,1,4-18H2,2H3. The summed E-state index contributed by atoms with van der Waals surface area (Å²) in [7, 11) is 0. The van der Waals surface area contributed by atoms with E-state index in [0.29, 0.717) is 6.04 Å². The molecule has 0 aromatic carbocycles. The molecule has 1 heterocycles. The predicted octanol–water partition coefficient (Wildman–Crippen LogP) is 3.31. The molecule has 1 saturated heterocycles. The van der Waals surface area contributed by atoms with Crippen molar-refractivity contribution >= 4 is 11.8 Å². The zero-order chi connectivity index (χ0) is 18.2. The maximum Gasteiger partial charge on any atom is 0.0757 e. The molecule has 25 heavy (non-hydrogen) atoms. The van der Waals surface area contributed by atoms with Crippen LogP contribution in [0.2, 0.25) is 0 Å². The number of hydrogen-bond donors (Lipinski definition) is 2. The maximum atomic E-state index is 10.1. The predicted molar refractivity (Wildman–Crippen MR) is 111 cm³/mol. The van der Waals surface area contributed by atoms with Crippen molar-refractivity contribution in [2.45, 2.75) is 64.0 Å². The van der Waals surface area contributed by atoms with Crippen molar-refractivity contribution in [1.82, 2.24) is 10.2 Å². The van der Waals surface area contributed by atoms with Crippen molar-refractivity contribution in [3.63, 3.8) is 0 Å². The number of morpholine rings is 1. The molecule has 0 aromatic heterocycles. The maximum absolute atomic E-state index is 10.1. The molecule has 0 aliphatic carbocycles. The number of rotatable bonds is 16. The molecule has 1 aliphatic rings. The average Bonchev–Trinajstić information content (AvgIpc) is 2.61. The molecular formula is C20H40N2O2S. The Hall–Kier alpha value is -0.0700. The normalized spacial score (nSPS) is 18.2. The third-order valence-corrected chi connectivity index (χ3v) is 5.78. The summed E-state index contributed by atoms with van der Waals surface area (Å²) in [4.78, 5) is 2.30. The van der Waals surface area contributed by atoms with E-state index in [-0.39, 0.29) is 6.10 Å². The van der Waals surface area contributed by atoms with Crippen molar-refractivity contribution in [3.8, 4) is 0 Å². The van der Waals surface area contributed by atoms with Gasteiger partial charge in [-0.3, -0.25) is 4.90 Å². The Morgan fingerprint density at radius 2 is 1.92 bits per heavy atom. The number of hydrogen-bond acceptors (Lipinski definition) is 5. The topological polar surface area (TPSA) is 44.7 Å². The number of allylic oxidation sites excluding steroid dienone is 1. The third kappa shape index (κ3) is 13.8. The van der Waals surface area contributed by atoms with Crippen LogP contribution >= 0.6 is 11.8 Å². The molecule has 2 unspecified atom stereocenters. The molecule has 0 spiro atoms. The summed E-state index contributed by atoms with van der Waals surface area (Å²) in [5.74, 6) is 1.91. The van der Waals surface area contributed by atoms with Crippen LogP contribution in [0.5, 0.6) is 0 Å². The Morgan fingerprint density at radius 3 is 2.68 bits per heavy atom. The van der Waals surface area contributed by atoms with Crippen LogP contribution in [-0.4, -0.2) is 73.1 Å². The summed E-state index contributed by atoms with van der Waals surface area (Å²) in [6.07, 6.45) is 10.9. The van der Waals surface area contributed by atoms with Crippen LogP contribution in [0, 0.1) is 0 Å². The number of unbranched alkanes of at least 4 members (excludes halogenated alkanes) is 5. The van der Waals surface area contributed by atoms with E-state index in [2.05, 4.69) is 23.7 Å². The Kier molecular flexibility index (Phi) is 14.8. The van der Waals surface area contributed by atoms with Crippen molar-refractivity contribution in [2.75, 3.05) is 50.9 Å². The van der Waals surface area contributed by atoms with Crippen LogP contribution in [0.4, 0.5) is 0 Å². The molecule has 1 rings (SSSR count). The van der Waals surface area contributed by atoms with Gasteiger partial charge in [-0.1, -0.05) is 31.8 Å². The number of nitrogens with one attached hydrogen (secondary N) is 1. The van der Waals surface area contributed by atoms with Gasteiger partial charge in [-0.05, 0) is 26.2 Å². The van der Waals surface area contributed by atoms with Crippen LogP contribution in [0.3, 0.4) is 0 Å². The fourth-order valence-electron chi connectivity index (χ4n) is 3.10. The van der Waals surface area contributed by atoms with Gasteiger partial charge in [0, 0.05) is 43.7 Å². The molecule has 0 saturated carbocycles. The molecule has 1 aliphatic heterocycles. The van der Waals surface area contributed by atoms with Crippen LogP contribution < -0.4 is 5.32 Å². The van der Waals surface area contributed by atoms with Crippen molar-refractivity contribution in [1.29, 1.82) is 0 Å². The summed E-state index contributed by atoms with van der Waals surface area (Å²) in [5, 5.41) is 13.7. The Balaban J connectivity index is 1.85. The lowest BCUT2D eigenvalue weighted by molar-refractivity contribution is 0.0188. The van der Waals surface area contributed by atoms with Crippen molar-refractivity contribution < 1.29 is 9.84 Å². The van der Waals surface area contributed by atoms with Gasteiger partial charge in [0.1, 0.15) is 0 Å². The van der Waals surface area contributed by atoms with Gasteiger partial charge in [-0.25, -0.2) is 0 Å². The van der Waals surface area contributed by atoms with E-state index >= 15 is 0 Å². The lowest BCUT2D eigenvalue weighted by atomic mass is 10.1. The average molecular weight is 373 g/mol. The second-order valence-electron chi connectivity index (χ2n) is 7.13. The highest BCUT2D eigenvalue weighted by molar-refractivity contribution is 7.99. The Morgan fingerprint density at radius 1 is 1.20 bits per heavy atom. The first-order chi connectivity index (χ1) is 12.2. The first-order valence-electron chi connectivity index (χ1n) is 10.1. The minimum Gasteiger partial charge on any atom is -0.391 e. The fourth-order valence-corrected chi connectivity index (χ4v) is 3.91. The monoisotopic (exact) mass is 372 g/mol. The molecule has 1 fully saturated rings. The number of thioether (sulfide) groups is 1. The highest BCUT2D eigenvalue weighted by Crippen LogP contribution is 2.09. The fraction of sp³-hybridized carbons (Fsp3) is 0.900. The minimum atomic E-state index is -0.221. The van der Waals surface area contributed by atoms with Crippen LogP contribution in [0.1, 0.15) is 51.9 Å². The van der Waals surface area contributed by atoms with Gasteiger partial charge in [0.05, 0.1) is 19.3 Å². The van der Waals surface area contributed by atoms with E-state index in [1.54, 1.807) is 0 Å². The smallest absolute Gasteiger partial charge is 0.0757 e. The molecule has 2 N–H and O–H groups in total. The summed E-state index contributed by atoms with van der Waals surface area (Å²) < 4.78 is 5.33. The molecule has 2 atom stereocenters. The molecule has 0 aromatic rings. The lowest BCUT2D eigenvalue weighted by Crippen LogP contribution is -2.41. The largest absolute Gasteiger partial charge is 0.391 e. The molecule has 0 amide bonds. The van der Waals surface area contributed by atoms with Gasteiger partial charge in [0.15, 0.2) is 0 Å². The molecule has 4 nitrogen and oxygen atoms in total. The van der Waals surface area contributed by atoms with Crippen LogP contribution in [0.25, 0.3) is 0 Å². The van der Waals surface area contributed by atoms with E-state index in [1.807, 2.05) is 17.8 Å². The van der Waals surface area contributed by atoms with Gasteiger partial charge in [-0.2, -0.15) is 11.8 Å². The van der Waals surface area contributed by atoms with E-state index < -0.39 is 0 Å². The molecule has 5 heteroatoms. The SMILES string of the molecule is C=CCCCCCCCC(C)NCCSCC(O)CN1CCOCC1. The zero-order valence-corrected chi connectivity index (χ0v) is 17.1. The van der Waals surface area contributed by atoms with E-state index in [0.717, 1.165) is 57.3 Å². The Labute approximate surface area is 159 Å². The second kappa shape index (κ2) is 16.1. The van der Waals surface area contributed by atoms with Crippen molar-refractivity contribution in [3.05, 3.63) is 12.7 Å². The molecule has 0 radical (unpaired) electrons. The number of β-amino-alcohol motifs (C(OH)–C–C–N with tert-alkyl or cyclic N) is 1. The lowest BCUT2D eigenvalue weighted by Gasteiger charge is -2.28. The minimum absolute atomic E-state index is 0.221. The van der Waals surface area contributed by atoms with Crippen LogP contribution in [-0.2, 0) is 4.74 Å². The number of aliphatic hydroxyl groups excluding tert-OH is 1. The second-order valence-corrected chi connectivity index (χ2v) is 8.28. The summed E-state index contributed by atoms with van der Waals surface area (Å²) in [6.45, 7) is 11.4. The Bertz CT molecular complexity index is 312. The molecular weight excluding hydrogens is 332 g/mol.